The molecule has 3 aromatic rings. The lowest BCUT2D eigenvalue weighted by Gasteiger charge is -2.18. The van der Waals surface area contributed by atoms with E-state index in [0.717, 1.165) is 14.6 Å². The molecule has 0 fully saturated rings. The van der Waals surface area contributed by atoms with Crippen molar-refractivity contribution in [2.45, 2.75) is 12.5 Å². The van der Waals surface area contributed by atoms with Gasteiger partial charge in [-0.2, -0.15) is 0 Å². The van der Waals surface area contributed by atoms with Gasteiger partial charge in [0.1, 0.15) is 0 Å². The fourth-order valence-electron chi connectivity index (χ4n) is 3.26. The van der Waals surface area contributed by atoms with Crippen LogP contribution in [0.1, 0.15) is 22.0 Å². The van der Waals surface area contributed by atoms with Crippen molar-refractivity contribution >= 4 is 27.6 Å². The second kappa shape index (κ2) is 10.8. The molecule has 0 unspecified atom stereocenters. The summed E-state index contributed by atoms with van der Waals surface area (Å²) in [7, 11) is 3.12. The summed E-state index contributed by atoms with van der Waals surface area (Å²) in [6.45, 7) is 0.278. The molecule has 1 heterocycles. The van der Waals surface area contributed by atoms with Gasteiger partial charge in [-0.3, -0.25) is 19.0 Å². The molecule has 0 aliphatic rings. The van der Waals surface area contributed by atoms with Crippen molar-refractivity contribution < 1.29 is 19.1 Å². The van der Waals surface area contributed by atoms with Gasteiger partial charge in [0.15, 0.2) is 23.3 Å². The molecule has 8 heteroatoms. The highest BCUT2D eigenvalue weighted by molar-refractivity contribution is 9.10. The van der Waals surface area contributed by atoms with Crippen LogP contribution in [0.25, 0.3) is 0 Å². The number of ketones is 1. The smallest absolute Gasteiger partial charge is 0.251 e. The van der Waals surface area contributed by atoms with E-state index in [4.69, 9.17) is 9.47 Å². The number of carbonyl (C=O) groups excluding carboxylic acids is 2. The molecule has 3 rings (SSSR count). The lowest BCUT2D eigenvalue weighted by Crippen LogP contribution is -2.41. The maximum Gasteiger partial charge on any atom is 0.251 e. The largest absolute Gasteiger partial charge is 0.493 e. The first-order chi connectivity index (χ1) is 15.4. The number of ether oxygens (including phenoxy) is 2. The van der Waals surface area contributed by atoms with Gasteiger partial charge in [0.2, 0.25) is 0 Å². The van der Waals surface area contributed by atoms with E-state index in [1.165, 1.54) is 12.3 Å². The van der Waals surface area contributed by atoms with Gasteiger partial charge >= 0.3 is 0 Å². The van der Waals surface area contributed by atoms with Gasteiger partial charge in [-0.05, 0) is 42.3 Å². The van der Waals surface area contributed by atoms with Gasteiger partial charge in [-0.15, -0.1) is 0 Å². The van der Waals surface area contributed by atoms with Crippen LogP contribution in [0.2, 0.25) is 0 Å². The van der Waals surface area contributed by atoms with Crippen LogP contribution in [-0.4, -0.2) is 37.0 Å². The van der Waals surface area contributed by atoms with E-state index in [9.17, 15) is 14.4 Å². The molecule has 1 amide bonds. The van der Waals surface area contributed by atoms with Crippen molar-refractivity contribution in [2.24, 2.45) is 0 Å². The Balaban J connectivity index is 1.78. The second-order valence-corrected chi connectivity index (χ2v) is 7.87. The summed E-state index contributed by atoms with van der Waals surface area (Å²) in [4.78, 5) is 38.6. The lowest BCUT2D eigenvalue weighted by atomic mass is 10.0. The average Bonchev–Trinajstić information content (AvgIpc) is 2.80. The number of aromatic nitrogens is 1. The zero-order valence-electron chi connectivity index (χ0n) is 17.7. The number of nitrogens with zero attached hydrogens (tertiary/aromatic N) is 1. The van der Waals surface area contributed by atoms with Gasteiger partial charge in [0.05, 0.1) is 14.2 Å². The van der Waals surface area contributed by atoms with Crippen molar-refractivity contribution in [2.75, 3.05) is 20.8 Å². The minimum atomic E-state index is -1.31. The Kier molecular flexibility index (Phi) is 7.83. The Labute approximate surface area is 194 Å². The highest BCUT2D eigenvalue weighted by Crippen LogP contribution is 2.27. The molecule has 0 spiro atoms. The predicted molar refractivity (Wildman–Crippen MR) is 124 cm³/mol. The molecule has 0 aliphatic heterocycles. The monoisotopic (exact) mass is 498 g/mol. The number of rotatable bonds is 9. The summed E-state index contributed by atoms with van der Waals surface area (Å²) >= 11 is 3.33. The normalized spacial score (nSPS) is 11.5. The summed E-state index contributed by atoms with van der Waals surface area (Å²) in [6, 6.07) is 15.3. The van der Waals surface area contributed by atoms with E-state index >= 15 is 0 Å². The number of Topliss-reactive ketones (excluding diaryl/α,β-unsaturated/α-hetero) is 1. The Morgan fingerprint density at radius 1 is 1.00 bits per heavy atom. The van der Waals surface area contributed by atoms with Gasteiger partial charge in [-0.1, -0.05) is 40.2 Å². The zero-order valence-corrected chi connectivity index (χ0v) is 19.3. The minimum absolute atomic E-state index is 0.278. The molecule has 1 aromatic heterocycles. The number of nitrogens with one attached hydrogen (secondary N) is 1. The lowest BCUT2D eigenvalue weighted by molar-refractivity contribution is -0.123. The number of hydrogen-bond donors (Lipinski definition) is 1. The fraction of sp³-hybridized carbons (Fsp3) is 0.208. The van der Waals surface area contributed by atoms with Crippen LogP contribution in [0, 0.1) is 0 Å². The maximum atomic E-state index is 13.2. The van der Waals surface area contributed by atoms with Crippen LogP contribution in [0.15, 0.2) is 76.1 Å². The SMILES string of the molecule is COc1ccc(CCNC(=O)[C@@H](C(=O)c2ccc(Br)cc2)n2ccccc2=O)cc1OC. The van der Waals surface area contributed by atoms with E-state index < -0.39 is 23.3 Å². The summed E-state index contributed by atoms with van der Waals surface area (Å²) in [5, 5.41) is 2.78. The number of halogens is 1. The second-order valence-electron chi connectivity index (χ2n) is 6.95. The Morgan fingerprint density at radius 3 is 2.38 bits per heavy atom. The molecule has 32 heavy (non-hydrogen) atoms. The van der Waals surface area contributed by atoms with E-state index in [1.54, 1.807) is 56.7 Å². The summed E-state index contributed by atoms with van der Waals surface area (Å²) in [5.41, 5.74) is 0.831. The quantitative estimate of drug-likeness (QED) is 0.360. The number of methoxy groups -OCH3 is 2. The number of benzene rings is 2. The van der Waals surface area contributed by atoms with Gasteiger partial charge in [-0.25, -0.2) is 0 Å². The van der Waals surface area contributed by atoms with E-state index in [0.29, 0.717) is 23.5 Å². The van der Waals surface area contributed by atoms with Crippen LogP contribution in [0.4, 0.5) is 0 Å². The van der Waals surface area contributed by atoms with Crippen LogP contribution in [0.5, 0.6) is 11.5 Å². The molecule has 0 saturated carbocycles. The summed E-state index contributed by atoms with van der Waals surface area (Å²) in [5.74, 6) is 0.195. The predicted octanol–water partition coefficient (Wildman–Crippen LogP) is 3.41. The molecule has 0 saturated heterocycles. The van der Waals surface area contributed by atoms with Crippen LogP contribution >= 0.6 is 15.9 Å². The Morgan fingerprint density at radius 2 is 1.72 bits per heavy atom. The molecule has 1 atom stereocenters. The third kappa shape index (κ3) is 5.45. The van der Waals surface area contributed by atoms with Crippen LogP contribution in [0.3, 0.4) is 0 Å². The highest BCUT2D eigenvalue weighted by Gasteiger charge is 2.29. The van der Waals surface area contributed by atoms with E-state index in [-0.39, 0.29) is 6.54 Å². The van der Waals surface area contributed by atoms with Gasteiger partial charge < -0.3 is 14.8 Å². The first-order valence-electron chi connectivity index (χ1n) is 9.90. The molecule has 0 bridgehead atoms. The van der Waals surface area contributed by atoms with Crippen LogP contribution in [-0.2, 0) is 11.2 Å². The average molecular weight is 499 g/mol. The molecule has 1 N–H and O–H groups in total. The Hall–Kier alpha value is -3.39. The molecule has 166 valence electrons. The first kappa shape index (κ1) is 23.3. The molecular formula is C24H23BrN2O5. The van der Waals surface area contributed by atoms with Gasteiger partial charge in [0, 0.05) is 28.8 Å². The third-order valence-corrected chi connectivity index (χ3v) is 5.44. The molecule has 0 radical (unpaired) electrons. The standard InChI is InChI=1S/C24H23BrN2O5/c1-31-19-11-6-16(15-20(19)32-2)12-13-26-24(30)22(27-14-4-3-5-21(27)28)23(29)17-7-9-18(25)10-8-17/h3-11,14-15,22H,12-13H2,1-2H3,(H,26,30)/t22-/m1/s1. The minimum Gasteiger partial charge on any atom is -0.493 e. The summed E-state index contributed by atoms with van der Waals surface area (Å²) < 4.78 is 12.5. The number of hydrogen-bond acceptors (Lipinski definition) is 5. The fourth-order valence-corrected chi connectivity index (χ4v) is 3.52. The van der Waals surface area contributed by atoms with Crippen molar-refractivity contribution in [3.05, 3.63) is 92.8 Å². The molecule has 2 aromatic carbocycles. The van der Waals surface area contributed by atoms with Crippen molar-refractivity contribution in [3.8, 4) is 11.5 Å². The van der Waals surface area contributed by atoms with E-state index in [1.807, 2.05) is 12.1 Å². The zero-order chi connectivity index (χ0) is 23.1. The number of carbonyl (C=O) groups is 2. The highest BCUT2D eigenvalue weighted by atomic mass is 79.9. The van der Waals surface area contributed by atoms with Crippen molar-refractivity contribution in [1.29, 1.82) is 0 Å². The number of amides is 1. The van der Waals surface area contributed by atoms with Crippen LogP contribution < -0.4 is 20.3 Å². The first-order valence-corrected chi connectivity index (χ1v) is 10.7. The molecule has 7 nitrogen and oxygen atoms in total. The topological polar surface area (TPSA) is 86.6 Å². The van der Waals surface area contributed by atoms with Crippen molar-refractivity contribution in [1.82, 2.24) is 9.88 Å². The third-order valence-electron chi connectivity index (χ3n) is 4.92. The maximum absolute atomic E-state index is 13.2. The molecular weight excluding hydrogens is 476 g/mol. The Bertz CT molecular complexity index is 1160. The summed E-state index contributed by atoms with van der Waals surface area (Å²) in [6.07, 6.45) is 1.95. The van der Waals surface area contributed by atoms with E-state index in [2.05, 4.69) is 21.2 Å². The van der Waals surface area contributed by atoms with Crippen molar-refractivity contribution in [3.63, 3.8) is 0 Å². The van der Waals surface area contributed by atoms with Gasteiger partial charge in [0.25, 0.3) is 11.5 Å². The number of pyridine rings is 1. The molecule has 0 aliphatic carbocycles.